The molecule has 2 amide bonds. The lowest BCUT2D eigenvalue weighted by Gasteiger charge is -2.18. The molecule has 122 valence electrons. The highest BCUT2D eigenvalue weighted by Crippen LogP contribution is 2.25. The van der Waals surface area contributed by atoms with Crippen LogP contribution in [0.4, 0.5) is 0 Å². The van der Waals surface area contributed by atoms with Gasteiger partial charge in [-0.25, -0.2) is 0 Å². The molecule has 7 heteroatoms. The number of fused-ring (bicyclic) bond motifs is 1. The van der Waals surface area contributed by atoms with Gasteiger partial charge in [0.2, 0.25) is 0 Å². The van der Waals surface area contributed by atoms with Crippen molar-refractivity contribution in [3.05, 3.63) is 66.4 Å². The van der Waals surface area contributed by atoms with Crippen molar-refractivity contribution in [2.75, 3.05) is 0 Å². The molecule has 3 rings (SSSR count). The summed E-state index contributed by atoms with van der Waals surface area (Å²) in [7, 11) is 0. The molecule has 1 heterocycles. The molecule has 0 saturated carbocycles. The van der Waals surface area contributed by atoms with E-state index in [1.54, 1.807) is 24.4 Å². The lowest BCUT2D eigenvalue weighted by molar-refractivity contribution is -0.114. The number of hydrogen-bond donors (Lipinski definition) is 3. The van der Waals surface area contributed by atoms with Crippen LogP contribution in [0.15, 0.2) is 42.6 Å². The van der Waals surface area contributed by atoms with Crippen LogP contribution >= 0.6 is 45.2 Å². The van der Waals surface area contributed by atoms with Crippen molar-refractivity contribution in [2.45, 2.75) is 6.54 Å². The third kappa shape index (κ3) is 3.56. The molecular formula is C17H12I2N2O3. The van der Waals surface area contributed by atoms with Crippen LogP contribution in [0.5, 0.6) is 5.75 Å². The predicted octanol–water partition coefficient (Wildman–Crippen LogP) is 3.00. The van der Waals surface area contributed by atoms with Gasteiger partial charge in [-0.05, 0) is 87.1 Å². The number of nitrogens with one attached hydrogen (secondary N) is 2. The topological polar surface area (TPSA) is 78.4 Å². The smallest absolute Gasteiger partial charge is 0.260 e. The van der Waals surface area contributed by atoms with Gasteiger partial charge >= 0.3 is 0 Å². The monoisotopic (exact) mass is 546 g/mol. The number of carbonyl (C=O) groups is 2. The van der Waals surface area contributed by atoms with Gasteiger partial charge in [0.15, 0.2) is 0 Å². The van der Waals surface area contributed by atoms with Crippen LogP contribution < -0.4 is 10.6 Å². The first-order valence-corrected chi connectivity index (χ1v) is 9.18. The number of hydrogen-bond acceptors (Lipinski definition) is 4. The molecule has 0 aliphatic carbocycles. The average Bonchev–Trinajstić information content (AvgIpc) is 2.53. The molecule has 0 bridgehead atoms. The zero-order valence-corrected chi connectivity index (χ0v) is 16.6. The lowest BCUT2D eigenvalue weighted by atomic mass is 9.95. The van der Waals surface area contributed by atoms with E-state index in [1.807, 2.05) is 18.2 Å². The second kappa shape index (κ2) is 7.09. The minimum absolute atomic E-state index is 0.195. The van der Waals surface area contributed by atoms with Crippen LogP contribution in [-0.4, -0.2) is 16.9 Å². The number of amides is 2. The molecule has 24 heavy (non-hydrogen) atoms. The summed E-state index contributed by atoms with van der Waals surface area (Å²) < 4.78 is 1.96. The van der Waals surface area contributed by atoms with Crippen LogP contribution in [0, 0.1) is 7.14 Å². The van der Waals surface area contributed by atoms with Gasteiger partial charge < -0.3 is 10.4 Å². The second-order valence-corrected chi connectivity index (χ2v) is 7.60. The van der Waals surface area contributed by atoms with E-state index in [2.05, 4.69) is 55.8 Å². The van der Waals surface area contributed by atoms with Crippen LogP contribution in [0.2, 0.25) is 0 Å². The molecule has 0 unspecified atom stereocenters. The van der Waals surface area contributed by atoms with Crippen molar-refractivity contribution in [2.24, 2.45) is 0 Å². The van der Waals surface area contributed by atoms with E-state index in [1.165, 1.54) is 0 Å². The van der Waals surface area contributed by atoms with Crippen molar-refractivity contribution in [1.82, 2.24) is 10.6 Å². The fourth-order valence-corrected chi connectivity index (χ4v) is 3.42. The van der Waals surface area contributed by atoms with Crippen molar-refractivity contribution >= 4 is 62.6 Å². The number of rotatable bonds is 3. The third-order valence-electron chi connectivity index (χ3n) is 3.56. The van der Waals surface area contributed by atoms with Gasteiger partial charge in [-0.1, -0.05) is 0 Å². The lowest BCUT2D eigenvalue weighted by Crippen LogP contribution is -2.37. The zero-order valence-electron chi connectivity index (χ0n) is 12.3. The van der Waals surface area contributed by atoms with Gasteiger partial charge in [-0.3, -0.25) is 14.9 Å². The number of aromatic hydroxyl groups is 1. The van der Waals surface area contributed by atoms with Gasteiger partial charge in [0.05, 0.1) is 5.57 Å². The van der Waals surface area contributed by atoms with Crippen molar-refractivity contribution in [1.29, 1.82) is 0 Å². The van der Waals surface area contributed by atoms with E-state index in [4.69, 9.17) is 0 Å². The molecule has 0 aromatic heterocycles. The van der Waals surface area contributed by atoms with Gasteiger partial charge in [-0.2, -0.15) is 0 Å². The van der Waals surface area contributed by atoms with E-state index in [9.17, 15) is 14.7 Å². The van der Waals surface area contributed by atoms with Gasteiger partial charge in [0, 0.05) is 31.0 Å². The van der Waals surface area contributed by atoms with Crippen molar-refractivity contribution < 1.29 is 14.7 Å². The molecule has 0 radical (unpaired) electrons. The SMILES string of the molecule is O=C1NC(=O)c2ccc(I)cc2/C1=C/NCc1cc(O)ccc1I. The summed E-state index contributed by atoms with van der Waals surface area (Å²) in [5.41, 5.74) is 2.43. The highest BCUT2D eigenvalue weighted by molar-refractivity contribution is 14.1. The molecule has 3 N–H and O–H groups in total. The standard InChI is InChI=1S/C17H12I2N2O3/c18-10-1-3-12-13(6-10)14(17(24)21-16(12)23)8-20-7-9-5-11(22)2-4-15(9)19/h1-6,8,20,22H,7H2,(H,21,23,24)/b14-8-. The van der Waals surface area contributed by atoms with Gasteiger partial charge in [0.1, 0.15) is 5.75 Å². The normalized spacial score (nSPS) is 15.2. The Kier molecular flexibility index (Phi) is 5.09. The summed E-state index contributed by atoms with van der Waals surface area (Å²) in [6.45, 7) is 0.455. The Balaban J connectivity index is 1.88. The minimum atomic E-state index is -0.424. The van der Waals surface area contributed by atoms with Gasteiger partial charge in [-0.15, -0.1) is 0 Å². The number of benzene rings is 2. The molecule has 0 spiro atoms. The summed E-state index contributed by atoms with van der Waals surface area (Å²) in [5.74, 6) is -0.612. The highest BCUT2D eigenvalue weighted by Gasteiger charge is 2.27. The Morgan fingerprint density at radius 1 is 1.04 bits per heavy atom. The Morgan fingerprint density at radius 3 is 2.62 bits per heavy atom. The first kappa shape index (κ1) is 17.2. The highest BCUT2D eigenvalue weighted by atomic mass is 127. The predicted molar refractivity (Wildman–Crippen MR) is 107 cm³/mol. The van der Waals surface area contributed by atoms with Gasteiger partial charge in [0.25, 0.3) is 11.8 Å². The Hall–Kier alpha value is -1.62. The molecule has 2 aromatic carbocycles. The van der Waals surface area contributed by atoms with E-state index >= 15 is 0 Å². The van der Waals surface area contributed by atoms with Crippen molar-refractivity contribution in [3.63, 3.8) is 0 Å². The van der Waals surface area contributed by atoms with Crippen LogP contribution in [-0.2, 0) is 11.3 Å². The fourth-order valence-electron chi connectivity index (χ4n) is 2.40. The minimum Gasteiger partial charge on any atom is -0.508 e. The zero-order chi connectivity index (χ0) is 17.3. The maximum absolute atomic E-state index is 12.2. The first-order chi connectivity index (χ1) is 11.5. The number of imide groups is 1. The summed E-state index contributed by atoms with van der Waals surface area (Å²) in [6, 6.07) is 10.5. The number of halogens is 2. The summed E-state index contributed by atoms with van der Waals surface area (Å²) in [5, 5.41) is 15.0. The van der Waals surface area contributed by atoms with E-state index in [-0.39, 0.29) is 11.7 Å². The van der Waals surface area contributed by atoms with Crippen LogP contribution in [0.1, 0.15) is 21.5 Å². The molecule has 5 nitrogen and oxygen atoms in total. The fraction of sp³-hybridized carbons (Fsp3) is 0.0588. The second-order valence-electron chi connectivity index (χ2n) is 5.19. The molecule has 0 fully saturated rings. The molecule has 0 atom stereocenters. The molecular weight excluding hydrogens is 534 g/mol. The Bertz CT molecular complexity index is 878. The average molecular weight is 546 g/mol. The maximum atomic E-state index is 12.2. The van der Waals surface area contributed by atoms with E-state index in [0.29, 0.717) is 23.2 Å². The van der Waals surface area contributed by atoms with Crippen LogP contribution in [0.25, 0.3) is 5.57 Å². The van der Waals surface area contributed by atoms with Crippen LogP contribution in [0.3, 0.4) is 0 Å². The molecule has 2 aromatic rings. The molecule has 1 aliphatic rings. The first-order valence-electron chi connectivity index (χ1n) is 7.02. The number of carbonyl (C=O) groups excluding carboxylic acids is 2. The van der Waals surface area contributed by atoms with E-state index < -0.39 is 5.91 Å². The summed E-state index contributed by atoms with van der Waals surface area (Å²) in [6.07, 6.45) is 1.61. The Morgan fingerprint density at radius 2 is 1.83 bits per heavy atom. The summed E-state index contributed by atoms with van der Waals surface area (Å²) in [4.78, 5) is 24.1. The number of phenolic OH excluding ortho intramolecular Hbond substituents is 1. The largest absolute Gasteiger partial charge is 0.508 e. The molecule has 0 saturated heterocycles. The molecule has 1 aliphatic heterocycles. The number of phenols is 1. The maximum Gasteiger partial charge on any atom is 0.260 e. The summed E-state index contributed by atoms with van der Waals surface area (Å²) >= 11 is 4.33. The van der Waals surface area contributed by atoms with E-state index in [0.717, 1.165) is 12.7 Å². The van der Waals surface area contributed by atoms with Crippen molar-refractivity contribution in [3.8, 4) is 5.75 Å². The Labute approximate surface area is 165 Å². The third-order valence-corrected chi connectivity index (χ3v) is 5.28. The quantitative estimate of drug-likeness (QED) is 0.315.